The summed E-state index contributed by atoms with van der Waals surface area (Å²) in [4.78, 5) is 37.9. The first-order chi connectivity index (χ1) is 15.4. The van der Waals surface area contributed by atoms with Crippen molar-refractivity contribution < 1.29 is 9.53 Å². The summed E-state index contributed by atoms with van der Waals surface area (Å²) in [6.07, 6.45) is 8.34. The number of imidazole rings is 1. The number of rotatable bonds is 6. The Kier molecular flexibility index (Phi) is 5.80. The van der Waals surface area contributed by atoms with Crippen LogP contribution in [0.3, 0.4) is 0 Å². The Morgan fingerprint density at radius 2 is 1.88 bits per heavy atom. The van der Waals surface area contributed by atoms with Crippen LogP contribution >= 0.6 is 0 Å². The SMILES string of the molecule is CC(C)n1cccc(C(=O)Nc2ccc(Oc3ccnc(-c4nccn4C)c3)cn2)c1=O. The van der Waals surface area contributed by atoms with Gasteiger partial charge in [-0.25, -0.2) is 9.97 Å². The van der Waals surface area contributed by atoms with Crippen molar-refractivity contribution in [1.82, 2.24) is 24.1 Å². The predicted octanol–water partition coefficient (Wildman–Crippen LogP) is 3.66. The van der Waals surface area contributed by atoms with Gasteiger partial charge in [0.2, 0.25) is 0 Å². The summed E-state index contributed by atoms with van der Waals surface area (Å²) in [7, 11) is 1.89. The molecule has 0 aliphatic rings. The first kappa shape index (κ1) is 21.0. The van der Waals surface area contributed by atoms with Crippen molar-refractivity contribution in [3.63, 3.8) is 0 Å². The summed E-state index contributed by atoms with van der Waals surface area (Å²) >= 11 is 0. The van der Waals surface area contributed by atoms with Crippen LogP contribution in [0.1, 0.15) is 30.2 Å². The molecule has 9 heteroatoms. The molecule has 0 unspecified atom stereocenters. The van der Waals surface area contributed by atoms with Crippen molar-refractivity contribution in [2.75, 3.05) is 5.32 Å². The lowest BCUT2D eigenvalue weighted by atomic mass is 10.2. The minimum Gasteiger partial charge on any atom is -0.456 e. The van der Waals surface area contributed by atoms with Crippen LogP contribution in [0, 0.1) is 0 Å². The zero-order valence-electron chi connectivity index (χ0n) is 17.9. The highest BCUT2D eigenvalue weighted by Gasteiger charge is 2.14. The molecule has 0 aromatic carbocycles. The highest BCUT2D eigenvalue weighted by molar-refractivity contribution is 6.03. The van der Waals surface area contributed by atoms with Crippen LogP contribution in [0.25, 0.3) is 11.5 Å². The predicted molar refractivity (Wildman–Crippen MR) is 120 cm³/mol. The van der Waals surface area contributed by atoms with E-state index in [9.17, 15) is 9.59 Å². The van der Waals surface area contributed by atoms with Gasteiger partial charge in [-0.1, -0.05) is 0 Å². The lowest BCUT2D eigenvalue weighted by Gasteiger charge is -2.11. The molecule has 1 N–H and O–H groups in total. The first-order valence-corrected chi connectivity index (χ1v) is 10.0. The topological polar surface area (TPSA) is 104 Å². The second-order valence-electron chi connectivity index (χ2n) is 7.40. The molecule has 0 fully saturated rings. The van der Waals surface area contributed by atoms with Gasteiger partial charge in [0.25, 0.3) is 11.5 Å². The quantitative estimate of drug-likeness (QED) is 0.501. The van der Waals surface area contributed by atoms with Crippen molar-refractivity contribution in [3.05, 3.63) is 83.3 Å². The fourth-order valence-electron chi connectivity index (χ4n) is 3.13. The van der Waals surface area contributed by atoms with E-state index in [1.807, 2.05) is 31.7 Å². The second-order valence-corrected chi connectivity index (χ2v) is 7.40. The summed E-state index contributed by atoms with van der Waals surface area (Å²) in [5.74, 6) is 1.59. The van der Waals surface area contributed by atoms with Crippen LogP contribution in [0.15, 0.2) is 72.2 Å². The van der Waals surface area contributed by atoms with E-state index in [0.717, 1.165) is 5.82 Å². The number of pyridine rings is 3. The van der Waals surface area contributed by atoms with E-state index in [2.05, 4.69) is 20.3 Å². The van der Waals surface area contributed by atoms with Gasteiger partial charge >= 0.3 is 0 Å². The zero-order chi connectivity index (χ0) is 22.7. The van der Waals surface area contributed by atoms with Crippen molar-refractivity contribution >= 4 is 11.7 Å². The molecule has 9 nitrogen and oxygen atoms in total. The van der Waals surface area contributed by atoms with Gasteiger partial charge in [0, 0.05) is 43.9 Å². The average Bonchev–Trinajstić information content (AvgIpc) is 3.21. The van der Waals surface area contributed by atoms with Gasteiger partial charge in [0.1, 0.15) is 28.6 Å². The molecule has 1 amide bonds. The molecule has 4 heterocycles. The third-order valence-electron chi connectivity index (χ3n) is 4.77. The monoisotopic (exact) mass is 430 g/mol. The Bertz CT molecular complexity index is 1310. The minimum absolute atomic E-state index is 0.0455. The summed E-state index contributed by atoms with van der Waals surface area (Å²) < 4.78 is 9.23. The molecule has 4 aromatic rings. The number of hydrogen-bond donors (Lipinski definition) is 1. The fraction of sp³-hybridized carbons (Fsp3) is 0.174. The highest BCUT2D eigenvalue weighted by atomic mass is 16.5. The second kappa shape index (κ2) is 8.84. The number of carbonyl (C=O) groups is 1. The van der Waals surface area contributed by atoms with Gasteiger partial charge in [-0.15, -0.1) is 0 Å². The fourth-order valence-corrected chi connectivity index (χ4v) is 3.13. The van der Waals surface area contributed by atoms with Crippen LogP contribution in [0.2, 0.25) is 0 Å². The van der Waals surface area contributed by atoms with Gasteiger partial charge in [-0.3, -0.25) is 14.6 Å². The lowest BCUT2D eigenvalue weighted by molar-refractivity contribution is 0.102. The van der Waals surface area contributed by atoms with E-state index in [1.165, 1.54) is 16.8 Å². The Labute approximate surface area is 184 Å². The third kappa shape index (κ3) is 4.41. The molecule has 0 atom stereocenters. The number of aromatic nitrogens is 5. The maximum Gasteiger partial charge on any atom is 0.263 e. The number of carbonyl (C=O) groups excluding carboxylic acids is 1. The molecule has 0 aliphatic carbocycles. The number of nitrogens with one attached hydrogen (secondary N) is 1. The Hall–Kier alpha value is -4.27. The van der Waals surface area contributed by atoms with Crippen molar-refractivity contribution in [3.8, 4) is 23.0 Å². The average molecular weight is 430 g/mol. The standard InChI is InChI=1S/C23H22N6O3/c1-15(2)29-11-4-5-18(23(29)31)22(30)27-20-7-6-17(14-26-20)32-16-8-9-24-19(13-16)21-25-10-12-28(21)3/h4-15H,1-3H3,(H,26,27,30). The normalized spacial score (nSPS) is 10.9. The molecule has 32 heavy (non-hydrogen) atoms. The Balaban J connectivity index is 1.46. The maximum absolute atomic E-state index is 12.6. The van der Waals surface area contributed by atoms with Crippen LogP contribution in [-0.2, 0) is 7.05 Å². The number of hydrogen-bond acceptors (Lipinski definition) is 6. The van der Waals surface area contributed by atoms with E-state index in [0.29, 0.717) is 23.0 Å². The number of aryl methyl sites for hydroxylation is 1. The molecule has 162 valence electrons. The van der Waals surface area contributed by atoms with Crippen molar-refractivity contribution in [2.45, 2.75) is 19.9 Å². The third-order valence-corrected chi connectivity index (χ3v) is 4.77. The number of ether oxygens (including phenoxy) is 1. The number of anilines is 1. The van der Waals surface area contributed by atoms with E-state index >= 15 is 0 Å². The molecule has 4 aromatic heterocycles. The van der Waals surface area contributed by atoms with E-state index < -0.39 is 5.91 Å². The molecular weight excluding hydrogens is 408 g/mol. The van der Waals surface area contributed by atoms with Gasteiger partial charge < -0.3 is 19.2 Å². The van der Waals surface area contributed by atoms with E-state index in [4.69, 9.17) is 4.74 Å². The molecule has 0 saturated heterocycles. The highest BCUT2D eigenvalue weighted by Crippen LogP contribution is 2.25. The molecule has 0 aliphatic heterocycles. The van der Waals surface area contributed by atoms with Crippen LogP contribution < -0.4 is 15.6 Å². The number of nitrogens with zero attached hydrogens (tertiary/aromatic N) is 5. The Morgan fingerprint density at radius 1 is 1.03 bits per heavy atom. The van der Waals surface area contributed by atoms with Gasteiger partial charge in [-0.05, 0) is 44.2 Å². The summed E-state index contributed by atoms with van der Waals surface area (Å²) in [6.45, 7) is 3.76. The van der Waals surface area contributed by atoms with Crippen LogP contribution in [-0.4, -0.2) is 30.0 Å². The van der Waals surface area contributed by atoms with Crippen molar-refractivity contribution in [2.24, 2.45) is 7.05 Å². The van der Waals surface area contributed by atoms with Gasteiger partial charge in [-0.2, -0.15) is 0 Å². The lowest BCUT2D eigenvalue weighted by Crippen LogP contribution is -2.29. The van der Waals surface area contributed by atoms with E-state index in [-0.39, 0.29) is 17.2 Å². The first-order valence-electron chi connectivity index (χ1n) is 10.0. The van der Waals surface area contributed by atoms with Gasteiger partial charge in [0.15, 0.2) is 5.82 Å². The molecule has 0 bridgehead atoms. The molecule has 0 spiro atoms. The van der Waals surface area contributed by atoms with Crippen LogP contribution in [0.5, 0.6) is 11.5 Å². The smallest absolute Gasteiger partial charge is 0.263 e. The maximum atomic E-state index is 12.6. The van der Waals surface area contributed by atoms with Crippen LogP contribution in [0.4, 0.5) is 5.82 Å². The largest absolute Gasteiger partial charge is 0.456 e. The van der Waals surface area contributed by atoms with E-state index in [1.54, 1.807) is 48.9 Å². The molecular formula is C23H22N6O3. The molecule has 0 radical (unpaired) electrons. The summed E-state index contributed by atoms with van der Waals surface area (Å²) in [5.41, 5.74) is 0.393. The van der Waals surface area contributed by atoms with Crippen molar-refractivity contribution in [1.29, 1.82) is 0 Å². The zero-order valence-corrected chi connectivity index (χ0v) is 17.9. The molecule has 4 rings (SSSR count). The van der Waals surface area contributed by atoms with Gasteiger partial charge in [0.05, 0.1) is 6.20 Å². The summed E-state index contributed by atoms with van der Waals surface area (Å²) in [6, 6.07) is 9.94. The number of amides is 1. The summed E-state index contributed by atoms with van der Waals surface area (Å²) in [5, 5.41) is 2.65. The molecule has 0 saturated carbocycles. The minimum atomic E-state index is -0.514. The Morgan fingerprint density at radius 3 is 2.56 bits per heavy atom.